The number of aliphatic hydroxyl groups excluding tert-OH is 1. The van der Waals surface area contributed by atoms with Crippen molar-refractivity contribution in [3.63, 3.8) is 0 Å². The van der Waals surface area contributed by atoms with Crippen LogP contribution in [0.3, 0.4) is 0 Å². The van der Waals surface area contributed by atoms with Gasteiger partial charge in [-0.25, -0.2) is 8.78 Å². The summed E-state index contributed by atoms with van der Waals surface area (Å²) in [6.07, 6.45) is 1.09. The van der Waals surface area contributed by atoms with E-state index in [1.807, 2.05) is 0 Å². The molecular formula is C25H31F2N3O3. The highest BCUT2D eigenvalue weighted by Crippen LogP contribution is 2.46. The topological polar surface area (TPSA) is 73.8 Å². The predicted octanol–water partition coefficient (Wildman–Crippen LogP) is 2.49. The molecule has 0 radical (unpaired) electrons. The first-order valence-electron chi connectivity index (χ1n) is 11.4. The molecule has 2 fully saturated rings. The zero-order valence-corrected chi connectivity index (χ0v) is 18.8. The highest BCUT2D eigenvalue weighted by molar-refractivity contribution is 5.73. The largest absolute Gasteiger partial charge is 0.390 e. The molecule has 2 aromatic rings. The Morgan fingerprint density at radius 3 is 2.48 bits per heavy atom. The van der Waals surface area contributed by atoms with E-state index in [0.717, 1.165) is 50.9 Å². The number of benzene rings is 2. The van der Waals surface area contributed by atoms with Gasteiger partial charge in [-0.1, -0.05) is 12.1 Å². The normalized spacial score (nSPS) is 19.1. The number of nitrogens with zero attached hydrogens (tertiary/aromatic N) is 1. The Bertz CT molecular complexity index is 957. The number of halogens is 2. The van der Waals surface area contributed by atoms with Crippen LogP contribution in [0.5, 0.6) is 0 Å². The molecule has 1 heterocycles. The van der Waals surface area contributed by atoms with Crippen LogP contribution in [-0.2, 0) is 21.5 Å². The van der Waals surface area contributed by atoms with Gasteiger partial charge in [0.1, 0.15) is 11.6 Å². The summed E-state index contributed by atoms with van der Waals surface area (Å²) < 4.78 is 32.6. The molecule has 1 aliphatic heterocycles. The van der Waals surface area contributed by atoms with E-state index in [1.54, 1.807) is 0 Å². The SMILES string of the molecule is CC(=O)NC(Cc1cc(F)cc(F)c1)C(O)CNC1(c2cccc(N3CCOCC3)c2)CC1. The maximum atomic E-state index is 13.6. The van der Waals surface area contributed by atoms with Crippen LogP contribution in [0.2, 0.25) is 0 Å². The Balaban J connectivity index is 1.42. The fourth-order valence-electron chi connectivity index (χ4n) is 4.48. The molecule has 1 amide bonds. The van der Waals surface area contributed by atoms with Gasteiger partial charge < -0.3 is 25.4 Å². The third-order valence-corrected chi connectivity index (χ3v) is 6.41. The van der Waals surface area contributed by atoms with E-state index >= 15 is 0 Å². The van der Waals surface area contributed by atoms with Crippen molar-refractivity contribution in [2.45, 2.75) is 43.9 Å². The summed E-state index contributed by atoms with van der Waals surface area (Å²) in [5.74, 6) is -1.68. The number of ether oxygens (including phenoxy) is 1. The molecule has 0 aromatic heterocycles. The van der Waals surface area contributed by atoms with Crippen LogP contribution in [0, 0.1) is 11.6 Å². The molecule has 178 valence electrons. The maximum Gasteiger partial charge on any atom is 0.217 e. The fraction of sp³-hybridized carbons (Fsp3) is 0.480. The third kappa shape index (κ3) is 6.07. The molecule has 3 N–H and O–H groups in total. The van der Waals surface area contributed by atoms with E-state index in [4.69, 9.17) is 4.74 Å². The Hall–Kier alpha value is -2.55. The number of hydrogen-bond acceptors (Lipinski definition) is 5. The summed E-state index contributed by atoms with van der Waals surface area (Å²) in [6.45, 7) is 4.77. The summed E-state index contributed by atoms with van der Waals surface area (Å²) in [6, 6.07) is 11.0. The first kappa shape index (κ1) is 23.6. The summed E-state index contributed by atoms with van der Waals surface area (Å²) in [5, 5.41) is 17.1. The number of anilines is 1. The Labute approximate surface area is 192 Å². The number of aliphatic hydroxyl groups is 1. The average Bonchev–Trinajstić information content (AvgIpc) is 3.58. The molecule has 2 aromatic carbocycles. The van der Waals surface area contributed by atoms with Crippen molar-refractivity contribution in [2.24, 2.45) is 0 Å². The quantitative estimate of drug-likeness (QED) is 0.538. The van der Waals surface area contributed by atoms with Crippen molar-refractivity contribution < 1.29 is 23.4 Å². The van der Waals surface area contributed by atoms with Gasteiger partial charge in [0.25, 0.3) is 0 Å². The van der Waals surface area contributed by atoms with Gasteiger partial charge in [-0.15, -0.1) is 0 Å². The second-order valence-electron chi connectivity index (χ2n) is 8.97. The number of nitrogens with one attached hydrogen (secondary N) is 2. The molecule has 1 saturated heterocycles. The molecule has 1 saturated carbocycles. The molecule has 2 aliphatic rings. The summed E-state index contributed by atoms with van der Waals surface area (Å²) >= 11 is 0. The molecule has 0 bridgehead atoms. The van der Waals surface area contributed by atoms with E-state index in [-0.39, 0.29) is 24.4 Å². The molecule has 8 heteroatoms. The van der Waals surface area contributed by atoms with Gasteiger partial charge in [-0.3, -0.25) is 4.79 Å². The molecule has 1 aliphatic carbocycles. The van der Waals surface area contributed by atoms with Gasteiger partial charge in [0.05, 0.1) is 25.4 Å². The lowest BCUT2D eigenvalue weighted by molar-refractivity contribution is -0.120. The molecule has 33 heavy (non-hydrogen) atoms. The summed E-state index contributed by atoms with van der Waals surface area (Å²) in [7, 11) is 0. The minimum Gasteiger partial charge on any atom is -0.390 e. The van der Waals surface area contributed by atoms with Crippen molar-refractivity contribution in [3.05, 3.63) is 65.2 Å². The van der Waals surface area contributed by atoms with Gasteiger partial charge in [0.2, 0.25) is 5.91 Å². The van der Waals surface area contributed by atoms with Crippen molar-refractivity contribution in [1.82, 2.24) is 10.6 Å². The number of rotatable bonds is 9. The molecule has 2 atom stereocenters. The zero-order chi connectivity index (χ0) is 23.4. The first-order valence-corrected chi connectivity index (χ1v) is 11.4. The Morgan fingerprint density at radius 2 is 1.85 bits per heavy atom. The lowest BCUT2D eigenvalue weighted by Gasteiger charge is -2.30. The van der Waals surface area contributed by atoms with Crippen LogP contribution in [0.15, 0.2) is 42.5 Å². The van der Waals surface area contributed by atoms with Crippen molar-refractivity contribution >= 4 is 11.6 Å². The van der Waals surface area contributed by atoms with Gasteiger partial charge >= 0.3 is 0 Å². The third-order valence-electron chi connectivity index (χ3n) is 6.41. The van der Waals surface area contributed by atoms with Crippen molar-refractivity contribution in [3.8, 4) is 0 Å². The highest BCUT2D eigenvalue weighted by Gasteiger charge is 2.44. The monoisotopic (exact) mass is 459 g/mol. The molecule has 2 unspecified atom stereocenters. The number of morpholine rings is 1. The van der Waals surface area contributed by atoms with Gasteiger partial charge in [-0.05, 0) is 54.7 Å². The average molecular weight is 460 g/mol. The van der Waals surface area contributed by atoms with Crippen molar-refractivity contribution in [1.29, 1.82) is 0 Å². The number of hydrogen-bond donors (Lipinski definition) is 3. The molecule has 6 nitrogen and oxygen atoms in total. The number of amides is 1. The van der Waals surface area contributed by atoms with Gasteiger partial charge in [0, 0.05) is 43.9 Å². The molecule has 4 rings (SSSR count). The van der Waals surface area contributed by atoms with Crippen LogP contribution in [0.25, 0.3) is 0 Å². The predicted molar refractivity (Wildman–Crippen MR) is 122 cm³/mol. The van der Waals surface area contributed by atoms with Crippen molar-refractivity contribution in [2.75, 3.05) is 37.7 Å². The van der Waals surface area contributed by atoms with Gasteiger partial charge in [-0.2, -0.15) is 0 Å². The minimum absolute atomic E-state index is 0.122. The van der Waals surface area contributed by atoms with Crippen LogP contribution in [0.1, 0.15) is 30.9 Å². The van der Waals surface area contributed by atoms with E-state index < -0.39 is 23.8 Å². The number of carbonyl (C=O) groups excluding carboxylic acids is 1. The van der Waals surface area contributed by atoms with E-state index in [1.165, 1.54) is 24.6 Å². The lowest BCUT2D eigenvalue weighted by Crippen LogP contribution is -2.49. The summed E-state index contributed by atoms with van der Waals surface area (Å²) in [4.78, 5) is 14.0. The Morgan fingerprint density at radius 1 is 1.15 bits per heavy atom. The standard InChI is InChI=1S/C25H31F2N3O3/c1-17(31)29-23(13-18-11-20(26)15-21(27)12-18)24(32)16-28-25(5-6-25)19-3-2-4-22(14-19)30-7-9-33-10-8-30/h2-4,11-12,14-15,23-24,28,32H,5-10,13,16H2,1H3,(H,29,31). The fourth-order valence-corrected chi connectivity index (χ4v) is 4.48. The lowest BCUT2D eigenvalue weighted by atomic mass is 9.99. The second-order valence-corrected chi connectivity index (χ2v) is 8.97. The Kier molecular flexibility index (Phi) is 7.26. The molecular weight excluding hydrogens is 428 g/mol. The second kappa shape index (κ2) is 10.2. The maximum absolute atomic E-state index is 13.6. The van der Waals surface area contributed by atoms with E-state index in [2.05, 4.69) is 39.8 Å². The summed E-state index contributed by atoms with van der Waals surface area (Å²) in [5.41, 5.74) is 2.50. The minimum atomic E-state index is -0.930. The number of carbonyl (C=O) groups is 1. The first-order chi connectivity index (χ1) is 15.8. The van der Waals surface area contributed by atoms with Crippen LogP contribution < -0.4 is 15.5 Å². The zero-order valence-electron chi connectivity index (χ0n) is 18.8. The van der Waals surface area contributed by atoms with E-state index in [9.17, 15) is 18.7 Å². The van der Waals surface area contributed by atoms with E-state index in [0.29, 0.717) is 5.56 Å². The van der Waals surface area contributed by atoms with Gasteiger partial charge in [0.15, 0.2) is 0 Å². The van der Waals surface area contributed by atoms with Crippen LogP contribution in [-0.4, -0.2) is 56.0 Å². The molecule has 0 spiro atoms. The van der Waals surface area contributed by atoms with Crippen LogP contribution >= 0.6 is 0 Å². The van der Waals surface area contributed by atoms with Crippen LogP contribution in [0.4, 0.5) is 14.5 Å². The smallest absolute Gasteiger partial charge is 0.217 e. The highest BCUT2D eigenvalue weighted by atomic mass is 19.1.